The molecule has 0 aliphatic carbocycles. The van der Waals surface area contributed by atoms with Crippen molar-refractivity contribution in [1.29, 1.82) is 0 Å². The summed E-state index contributed by atoms with van der Waals surface area (Å²) in [5.41, 5.74) is -1.24. The van der Waals surface area contributed by atoms with Crippen molar-refractivity contribution in [3.8, 4) is 0 Å². The van der Waals surface area contributed by atoms with Crippen LogP contribution >= 0.6 is 22.9 Å². The Hall–Kier alpha value is -3.06. The van der Waals surface area contributed by atoms with E-state index >= 15 is 0 Å². The summed E-state index contributed by atoms with van der Waals surface area (Å²) in [4.78, 5) is 31.8. The van der Waals surface area contributed by atoms with E-state index in [2.05, 4.69) is 10.1 Å². The lowest BCUT2D eigenvalue weighted by atomic mass is 9.97. The summed E-state index contributed by atoms with van der Waals surface area (Å²) in [5.74, 6) is -1.79. The van der Waals surface area contributed by atoms with Crippen molar-refractivity contribution in [3.05, 3.63) is 67.6 Å². The van der Waals surface area contributed by atoms with Gasteiger partial charge in [-0.3, -0.25) is 9.48 Å². The maximum absolute atomic E-state index is 14.4. The Balaban J connectivity index is 1.47. The second-order valence-corrected chi connectivity index (χ2v) is 10.4. The first kappa shape index (κ1) is 28.9. The number of amides is 1. The number of ether oxygens (including phenoxy) is 1. The zero-order chi connectivity index (χ0) is 28.3. The number of nitrogens with zero attached hydrogens (tertiary/aromatic N) is 4. The zero-order valence-corrected chi connectivity index (χ0v) is 22.3. The predicted molar refractivity (Wildman–Crippen MR) is 133 cm³/mol. The topological polar surface area (TPSA) is 77.3 Å². The molecular formula is C25H24ClF5N4O3S. The number of benzene rings is 1. The molecule has 0 N–H and O–H groups in total. The van der Waals surface area contributed by atoms with Gasteiger partial charge in [0.2, 0.25) is 5.91 Å². The van der Waals surface area contributed by atoms with Crippen molar-refractivity contribution >= 4 is 34.8 Å². The number of rotatable bonds is 9. The van der Waals surface area contributed by atoms with Gasteiger partial charge in [-0.05, 0) is 38.0 Å². The summed E-state index contributed by atoms with van der Waals surface area (Å²) < 4.78 is 72.6. The third-order valence-corrected chi connectivity index (χ3v) is 7.91. The minimum absolute atomic E-state index is 0.0472. The molecule has 1 amide bonds. The molecule has 0 bridgehead atoms. The van der Waals surface area contributed by atoms with Crippen LogP contribution in [0.3, 0.4) is 0 Å². The summed E-state index contributed by atoms with van der Waals surface area (Å²) in [6, 6.07) is 4.92. The molecule has 1 fully saturated rings. The first-order chi connectivity index (χ1) is 18.6. The summed E-state index contributed by atoms with van der Waals surface area (Å²) in [5, 5.41) is 4.32. The summed E-state index contributed by atoms with van der Waals surface area (Å²) in [6.45, 7) is 1.73. The van der Waals surface area contributed by atoms with Gasteiger partial charge in [0.1, 0.15) is 23.7 Å². The van der Waals surface area contributed by atoms with E-state index in [0.717, 1.165) is 0 Å². The number of hydrogen-bond donors (Lipinski definition) is 0. The Kier molecular flexibility index (Phi) is 9.21. The molecule has 1 aromatic carbocycles. The Morgan fingerprint density at radius 2 is 1.90 bits per heavy atom. The number of likely N-dealkylation sites (tertiary alicyclic amines) is 1. The molecule has 2 aromatic heterocycles. The standard InChI is InChI=1S/C25H24ClF5N4O3S/c1-2-38-25(37)21-19(10-14-15(26)4-3-5-16(14)27)39-24(32-21)13-6-8-34(9-7-13)20(36)12-35-18(23(30)31)11-17(33-35)22(28)29/h3-5,11,13,22-23H,2,6-10,12H2,1H3. The summed E-state index contributed by atoms with van der Waals surface area (Å²) >= 11 is 7.43. The number of hydrogen-bond acceptors (Lipinski definition) is 6. The monoisotopic (exact) mass is 590 g/mol. The van der Waals surface area contributed by atoms with Crippen molar-refractivity contribution in [2.24, 2.45) is 0 Å². The first-order valence-corrected chi connectivity index (χ1v) is 13.3. The highest BCUT2D eigenvalue weighted by atomic mass is 35.5. The fraction of sp³-hybridized carbons (Fsp3) is 0.440. The Morgan fingerprint density at radius 3 is 2.51 bits per heavy atom. The maximum Gasteiger partial charge on any atom is 0.358 e. The van der Waals surface area contributed by atoms with Crippen LogP contribution in [0.4, 0.5) is 22.0 Å². The number of alkyl halides is 4. The number of aromatic nitrogens is 3. The molecule has 14 heteroatoms. The van der Waals surface area contributed by atoms with Gasteiger partial charge in [-0.2, -0.15) is 5.10 Å². The van der Waals surface area contributed by atoms with Crippen molar-refractivity contribution < 1.29 is 36.3 Å². The van der Waals surface area contributed by atoms with Crippen LogP contribution in [-0.4, -0.2) is 51.2 Å². The molecule has 1 saturated heterocycles. The van der Waals surface area contributed by atoms with E-state index in [1.54, 1.807) is 13.0 Å². The van der Waals surface area contributed by atoms with Gasteiger partial charge in [0.05, 0.1) is 11.6 Å². The molecule has 0 spiro atoms. The number of carbonyl (C=O) groups is 2. The molecule has 39 heavy (non-hydrogen) atoms. The Labute approximate surface area is 229 Å². The fourth-order valence-corrected chi connectivity index (χ4v) is 5.81. The summed E-state index contributed by atoms with van der Waals surface area (Å²) in [7, 11) is 0. The lowest BCUT2D eigenvalue weighted by molar-refractivity contribution is -0.133. The van der Waals surface area contributed by atoms with Gasteiger partial charge >= 0.3 is 5.97 Å². The van der Waals surface area contributed by atoms with Crippen LogP contribution in [0.1, 0.15) is 75.9 Å². The van der Waals surface area contributed by atoms with Crippen molar-refractivity contribution in [1.82, 2.24) is 19.7 Å². The van der Waals surface area contributed by atoms with Gasteiger partial charge in [-0.25, -0.2) is 31.7 Å². The van der Waals surface area contributed by atoms with Gasteiger partial charge in [-0.1, -0.05) is 17.7 Å². The maximum atomic E-state index is 14.4. The van der Waals surface area contributed by atoms with Gasteiger partial charge in [0, 0.05) is 40.9 Å². The number of halogens is 6. The molecule has 3 aromatic rings. The van der Waals surface area contributed by atoms with Gasteiger partial charge in [-0.15, -0.1) is 11.3 Å². The predicted octanol–water partition coefficient (Wildman–Crippen LogP) is 6.18. The second kappa shape index (κ2) is 12.4. The normalized spacial score (nSPS) is 14.4. The third-order valence-electron chi connectivity index (χ3n) is 6.34. The Morgan fingerprint density at radius 1 is 1.18 bits per heavy atom. The largest absolute Gasteiger partial charge is 0.461 e. The van der Waals surface area contributed by atoms with Gasteiger partial charge in [0.25, 0.3) is 12.9 Å². The molecule has 0 radical (unpaired) electrons. The van der Waals surface area contributed by atoms with E-state index < -0.39 is 48.5 Å². The molecule has 0 saturated carbocycles. The third kappa shape index (κ3) is 6.57. The number of thiazole rings is 1. The van der Waals surface area contributed by atoms with Crippen molar-refractivity contribution in [2.75, 3.05) is 19.7 Å². The molecule has 1 aliphatic rings. The quantitative estimate of drug-likeness (QED) is 0.220. The van der Waals surface area contributed by atoms with Crippen LogP contribution in [0.15, 0.2) is 24.3 Å². The lowest BCUT2D eigenvalue weighted by Crippen LogP contribution is -2.40. The van der Waals surface area contributed by atoms with E-state index in [-0.39, 0.29) is 48.3 Å². The van der Waals surface area contributed by atoms with E-state index in [9.17, 15) is 31.5 Å². The molecule has 3 heterocycles. The van der Waals surface area contributed by atoms with Crippen LogP contribution in [0.5, 0.6) is 0 Å². The second-order valence-electron chi connectivity index (χ2n) is 8.83. The molecule has 210 valence electrons. The highest BCUT2D eigenvalue weighted by Crippen LogP contribution is 2.35. The van der Waals surface area contributed by atoms with Crippen LogP contribution in [0.2, 0.25) is 5.02 Å². The van der Waals surface area contributed by atoms with E-state index in [1.807, 2.05) is 0 Å². The Bertz CT molecular complexity index is 1320. The van der Waals surface area contributed by atoms with E-state index in [1.165, 1.54) is 28.4 Å². The first-order valence-electron chi connectivity index (χ1n) is 12.1. The van der Waals surface area contributed by atoms with Crippen molar-refractivity contribution in [2.45, 2.75) is 51.5 Å². The molecular weight excluding hydrogens is 567 g/mol. The highest BCUT2D eigenvalue weighted by Gasteiger charge is 2.30. The van der Waals surface area contributed by atoms with Crippen LogP contribution in [-0.2, 0) is 22.5 Å². The smallest absolute Gasteiger partial charge is 0.358 e. The van der Waals surface area contributed by atoms with E-state index in [4.69, 9.17) is 16.3 Å². The van der Waals surface area contributed by atoms with Gasteiger partial charge < -0.3 is 9.64 Å². The average Bonchev–Trinajstić information content (AvgIpc) is 3.51. The molecule has 4 rings (SSSR count). The van der Waals surface area contributed by atoms with E-state index in [0.29, 0.717) is 33.5 Å². The number of esters is 1. The summed E-state index contributed by atoms with van der Waals surface area (Å²) in [6.07, 6.45) is -5.12. The number of piperidine rings is 1. The SMILES string of the molecule is CCOC(=O)c1nc(C2CCN(C(=O)Cn3nc(C(F)F)cc3C(F)F)CC2)sc1Cc1c(F)cccc1Cl. The molecule has 0 atom stereocenters. The minimum Gasteiger partial charge on any atom is -0.461 e. The van der Waals surface area contributed by atoms with Crippen molar-refractivity contribution in [3.63, 3.8) is 0 Å². The molecule has 0 unspecified atom stereocenters. The zero-order valence-electron chi connectivity index (χ0n) is 20.7. The van der Waals surface area contributed by atoms with Crippen LogP contribution in [0, 0.1) is 5.82 Å². The minimum atomic E-state index is -3.06. The molecule has 7 nitrogen and oxygen atoms in total. The highest BCUT2D eigenvalue weighted by molar-refractivity contribution is 7.12. The van der Waals surface area contributed by atoms with Crippen LogP contribution < -0.4 is 0 Å². The van der Waals surface area contributed by atoms with Crippen LogP contribution in [0.25, 0.3) is 0 Å². The number of carbonyl (C=O) groups excluding carboxylic acids is 2. The average molecular weight is 591 g/mol. The fourth-order valence-electron chi connectivity index (χ4n) is 4.35. The molecule has 1 aliphatic heterocycles. The lowest BCUT2D eigenvalue weighted by Gasteiger charge is -2.31. The van der Waals surface area contributed by atoms with Gasteiger partial charge in [0.15, 0.2) is 5.69 Å².